The molecular formula is C14H17NO5. The summed E-state index contributed by atoms with van der Waals surface area (Å²) in [6, 6.07) is 9.36. The van der Waals surface area contributed by atoms with Gasteiger partial charge < -0.3 is 19.9 Å². The molecule has 20 heavy (non-hydrogen) atoms. The molecule has 1 fully saturated rings. The molecule has 2 rings (SSSR count). The minimum atomic E-state index is -0.959. The van der Waals surface area contributed by atoms with E-state index < -0.39 is 18.2 Å². The topological polar surface area (TPSA) is 84.9 Å². The second-order valence-corrected chi connectivity index (χ2v) is 4.60. The molecule has 0 spiro atoms. The van der Waals surface area contributed by atoms with Crippen LogP contribution in [0.2, 0.25) is 0 Å². The number of hydrogen-bond donors (Lipinski definition) is 2. The van der Waals surface area contributed by atoms with Crippen LogP contribution in [0, 0.1) is 0 Å². The van der Waals surface area contributed by atoms with Gasteiger partial charge in [0.05, 0.1) is 6.10 Å². The number of alkyl carbamates (subject to hydrolysis) is 1. The van der Waals surface area contributed by atoms with E-state index in [-0.39, 0.29) is 19.3 Å². The molecule has 1 aliphatic heterocycles. The van der Waals surface area contributed by atoms with Crippen LogP contribution < -0.4 is 5.32 Å². The predicted molar refractivity (Wildman–Crippen MR) is 70.2 cm³/mol. The van der Waals surface area contributed by atoms with Crippen molar-refractivity contribution in [2.45, 2.75) is 31.7 Å². The van der Waals surface area contributed by atoms with Gasteiger partial charge >= 0.3 is 12.1 Å². The minimum absolute atomic E-state index is 0.204. The molecule has 1 amide bonds. The average molecular weight is 279 g/mol. The van der Waals surface area contributed by atoms with Gasteiger partial charge in [-0.3, -0.25) is 0 Å². The Kier molecular flexibility index (Phi) is 4.95. The lowest BCUT2D eigenvalue weighted by atomic mass is 10.2. The first kappa shape index (κ1) is 14.3. The lowest BCUT2D eigenvalue weighted by Crippen LogP contribution is -2.33. The SMILES string of the molecule is O=C(NCC1CCC(C(=O)O)O1)OCc1ccccc1. The Morgan fingerprint density at radius 3 is 2.70 bits per heavy atom. The highest BCUT2D eigenvalue weighted by molar-refractivity contribution is 5.72. The standard InChI is InChI=1S/C14H17NO5/c16-13(17)12-7-6-11(20-12)8-15-14(18)19-9-10-4-2-1-3-5-10/h1-5,11-12H,6-9H2,(H,15,18)(H,16,17). The highest BCUT2D eigenvalue weighted by atomic mass is 16.6. The van der Waals surface area contributed by atoms with Gasteiger partial charge in [-0.2, -0.15) is 0 Å². The van der Waals surface area contributed by atoms with E-state index in [2.05, 4.69) is 5.32 Å². The predicted octanol–water partition coefficient (Wildman–Crippen LogP) is 1.54. The van der Waals surface area contributed by atoms with Gasteiger partial charge in [0.15, 0.2) is 6.10 Å². The maximum absolute atomic E-state index is 11.5. The Morgan fingerprint density at radius 2 is 2.05 bits per heavy atom. The molecule has 0 radical (unpaired) electrons. The average Bonchev–Trinajstić information content (AvgIpc) is 2.93. The summed E-state index contributed by atoms with van der Waals surface area (Å²) in [5.74, 6) is -0.959. The zero-order valence-corrected chi connectivity index (χ0v) is 11.0. The first-order valence-electron chi connectivity index (χ1n) is 6.48. The molecule has 2 unspecified atom stereocenters. The minimum Gasteiger partial charge on any atom is -0.479 e. The highest BCUT2D eigenvalue weighted by Gasteiger charge is 2.30. The van der Waals surface area contributed by atoms with Gasteiger partial charge in [-0.1, -0.05) is 30.3 Å². The normalized spacial score (nSPS) is 21.4. The number of carboxylic acid groups (broad SMARTS) is 1. The summed E-state index contributed by atoms with van der Waals surface area (Å²) in [5.41, 5.74) is 0.908. The van der Waals surface area contributed by atoms with E-state index in [1.165, 1.54) is 0 Å². The van der Waals surface area contributed by atoms with Gasteiger partial charge in [0.25, 0.3) is 0 Å². The summed E-state index contributed by atoms with van der Waals surface area (Å²) < 4.78 is 10.3. The molecule has 1 heterocycles. The van der Waals surface area contributed by atoms with Crippen molar-refractivity contribution in [2.75, 3.05) is 6.54 Å². The van der Waals surface area contributed by atoms with Crippen molar-refractivity contribution in [3.8, 4) is 0 Å². The van der Waals surface area contributed by atoms with E-state index in [1.54, 1.807) is 0 Å². The third kappa shape index (κ3) is 4.24. The van der Waals surface area contributed by atoms with Crippen LogP contribution in [0.3, 0.4) is 0 Å². The molecule has 2 N–H and O–H groups in total. The number of carbonyl (C=O) groups excluding carboxylic acids is 1. The number of nitrogens with one attached hydrogen (secondary N) is 1. The van der Waals surface area contributed by atoms with Gasteiger partial charge in [0, 0.05) is 6.54 Å². The van der Waals surface area contributed by atoms with E-state index in [0.717, 1.165) is 5.56 Å². The van der Waals surface area contributed by atoms with Crippen LogP contribution in [-0.2, 0) is 20.9 Å². The van der Waals surface area contributed by atoms with Crippen LogP contribution in [-0.4, -0.2) is 35.9 Å². The second-order valence-electron chi connectivity index (χ2n) is 4.60. The first-order valence-corrected chi connectivity index (χ1v) is 6.48. The quantitative estimate of drug-likeness (QED) is 0.854. The van der Waals surface area contributed by atoms with Crippen LogP contribution in [0.15, 0.2) is 30.3 Å². The van der Waals surface area contributed by atoms with E-state index in [4.69, 9.17) is 14.6 Å². The molecular weight excluding hydrogens is 262 g/mol. The Hall–Kier alpha value is -2.08. The van der Waals surface area contributed by atoms with Gasteiger partial charge in [-0.25, -0.2) is 9.59 Å². The van der Waals surface area contributed by atoms with Crippen molar-refractivity contribution in [1.29, 1.82) is 0 Å². The molecule has 2 atom stereocenters. The summed E-state index contributed by atoms with van der Waals surface area (Å²) in [7, 11) is 0. The fourth-order valence-corrected chi connectivity index (χ4v) is 2.01. The largest absolute Gasteiger partial charge is 0.479 e. The molecule has 1 saturated heterocycles. The summed E-state index contributed by atoms with van der Waals surface area (Å²) in [4.78, 5) is 22.2. The number of amides is 1. The number of benzene rings is 1. The third-order valence-electron chi connectivity index (χ3n) is 3.07. The molecule has 6 heteroatoms. The van der Waals surface area contributed by atoms with E-state index in [9.17, 15) is 9.59 Å². The summed E-state index contributed by atoms with van der Waals surface area (Å²) in [5, 5.41) is 11.4. The highest BCUT2D eigenvalue weighted by Crippen LogP contribution is 2.19. The fraction of sp³-hybridized carbons (Fsp3) is 0.429. The van der Waals surface area contributed by atoms with Crippen LogP contribution in [0.25, 0.3) is 0 Å². The Bertz CT molecular complexity index is 462. The monoisotopic (exact) mass is 279 g/mol. The van der Waals surface area contributed by atoms with Crippen LogP contribution >= 0.6 is 0 Å². The molecule has 0 aliphatic carbocycles. The fourth-order valence-electron chi connectivity index (χ4n) is 2.01. The van der Waals surface area contributed by atoms with Gasteiger partial charge in [-0.05, 0) is 18.4 Å². The molecule has 1 aliphatic rings. The molecule has 6 nitrogen and oxygen atoms in total. The summed E-state index contributed by atoms with van der Waals surface area (Å²) >= 11 is 0. The lowest BCUT2D eigenvalue weighted by molar-refractivity contribution is -0.149. The van der Waals surface area contributed by atoms with Crippen LogP contribution in [0.4, 0.5) is 4.79 Å². The lowest BCUT2D eigenvalue weighted by Gasteiger charge is -2.12. The number of ether oxygens (including phenoxy) is 2. The van der Waals surface area contributed by atoms with Gasteiger partial charge in [0.1, 0.15) is 6.61 Å². The maximum atomic E-state index is 11.5. The Balaban J connectivity index is 1.65. The third-order valence-corrected chi connectivity index (χ3v) is 3.07. The van der Waals surface area contributed by atoms with Crippen molar-refractivity contribution in [2.24, 2.45) is 0 Å². The van der Waals surface area contributed by atoms with Crippen molar-refractivity contribution in [1.82, 2.24) is 5.32 Å². The first-order chi connectivity index (χ1) is 9.65. The smallest absolute Gasteiger partial charge is 0.407 e. The number of aliphatic carboxylic acids is 1. The molecule has 0 aromatic heterocycles. The molecule has 1 aromatic rings. The summed E-state index contributed by atoms with van der Waals surface area (Å²) in [6.45, 7) is 0.466. The zero-order valence-electron chi connectivity index (χ0n) is 11.0. The Labute approximate surface area is 116 Å². The summed E-state index contributed by atoms with van der Waals surface area (Å²) in [6.07, 6.45) is -0.463. The van der Waals surface area contributed by atoms with Crippen molar-refractivity contribution in [3.05, 3.63) is 35.9 Å². The molecule has 108 valence electrons. The number of carboxylic acids is 1. The zero-order chi connectivity index (χ0) is 14.4. The maximum Gasteiger partial charge on any atom is 0.407 e. The van der Waals surface area contributed by atoms with E-state index in [1.807, 2.05) is 30.3 Å². The van der Waals surface area contributed by atoms with Crippen molar-refractivity contribution < 1.29 is 24.2 Å². The Morgan fingerprint density at radius 1 is 1.30 bits per heavy atom. The number of rotatable bonds is 5. The van der Waals surface area contributed by atoms with Gasteiger partial charge in [-0.15, -0.1) is 0 Å². The van der Waals surface area contributed by atoms with Crippen molar-refractivity contribution >= 4 is 12.1 Å². The number of hydrogen-bond acceptors (Lipinski definition) is 4. The second kappa shape index (κ2) is 6.91. The molecule has 1 aromatic carbocycles. The van der Waals surface area contributed by atoms with Gasteiger partial charge in [0.2, 0.25) is 0 Å². The molecule has 0 bridgehead atoms. The number of carbonyl (C=O) groups is 2. The van der Waals surface area contributed by atoms with Crippen LogP contribution in [0.1, 0.15) is 18.4 Å². The van der Waals surface area contributed by atoms with E-state index >= 15 is 0 Å². The van der Waals surface area contributed by atoms with Crippen molar-refractivity contribution in [3.63, 3.8) is 0 Å². The van der Waals surface area contributed by atoms with Crippen LogP contribution in [0.5, 0.6) is 0 Å². The molecule has 0 saturated carbocycles. The van der Waals surface area contributed by atoms with E-state index in [0.29, 0.717) is 12.8 Å².